The molecule has 7 nitrogen and oxygen atoms in total. The van der Waals surface area contributed by atoms with Gasteiger partial charge in [0.2, 0.25) is 5.91 Å². The first-order chi connectivity index (χ1) is 11.6. The highest BCUT2D eigenvalue weighted by molar-refractivity contribution is 6.01. The molecule has 0 bridgehead atoms. The molecule has 1 aromatic heterocycles. The number of hydrogen-bond donors (Lipinski definition) is 1. The van der Waals surface area contributed by atoms with Gasteiger partial charge in [0.25, 0.3) is 0 Å². The molecule has 7 heteroatoms. The maximum Gasteiger partial charge on any atom is 0.318 e. The largest absolute Gasteiger partial charge is 0.326 e. The summed E-state index contributed by atoms with van der Waals surface area (Å²) in [7, 11) is 1.83. The first-order valence-corrected chi connectivity index (χ1v) is 8.95. The topological polar surface area (TPSA) is 70.5 Å². The summed E-state index contributed by atoms with van der Waals surface area (Å²) in [6, 6.07) is -0.487. The zero-order chi connectivity index (χ0) is 16.7. The number of hydrogen-bond acceptors (Lipinski definition) is 3. The van der Waals surface area contributed by atoms with E-state index in [4.69, 9.17) is 0 Å². The standard InChI is InChI=1S/C17H25N5O2/c1-20-11-14(8-18-20)22-7-6-15(16(22)23)19-17(24)21(9-12-2-3-12)10-13-4-5-13/h8,11-13,15H,2-7,9-10H2,1H3,(H,19,24)/t15-/m0/s1. The molecule has 1 atom stereocenters. The van der Waals surface area contributed by atoms with Crippen LogP contribution in [0.15, 0.2) is 12.4 Å². The number of aryl methyl sites for hydroxylation is 1. The zero-order valence-electron chi connectivity index (χ0n) is 14.1. The lowest BCUT2D eigenvalue weighted by atomic mass is 10.2. The number of carbonyl (C=O) groups excluding carboxylic acids is 2. The van der Waals surface area contributed by atoms with Gasteiger partial charge < -0.3 is 15.1 Å². The lowest BCUT2D eigenvalue weighted by Crippen LogP contribution is -2.49. The van der Waals surface area contributed by atoms with Crippen molar-refractivity contribution in [1.29, 1.82) is 0 Å². The fourth-order valence-corrected chi connectivity index (χ4v) is 3.32. The van der Waals surface area contributed by atoms with E-state index in [2.05, 4.69) is 10.4 Å². The number of urea groups is 1. The van der Waals surface area contributed by atoms with E-state index in [0.717, 1.165) is 18.8 Å². The molecule has 1 saturated heterocycles. The van der Waals surface area contributed by atoms with Crippen LogP contribution in [0.4, 0.5) is 10.5 Å². The third-order valence-corrected chi connectivity index (χ3v) is 5.14. The highest BCUT2D eigenvalue weighted by atomic mass is 16.2. The van der Waals surface area contributed by atoms with Crippen LogP contribution >= 0.6 is 0 Å². The van der Waals surface area contributed by atoms with Crippen molar-refractivity contribution in [3.05, 3.63) is 12.4 Å². The minimum Gasteiger partial charge on any atom is -0.326 e. The molecule has 2 aliphatic carbocycles. The molecule has 2 saturated carbocycles. The molecule has 0 spiro atoms. The van der Waals surface area contributed by atoms with Crippen LogP contribution in [-0.2, 0) is 11.8 Å². The van der Waals surface area contributed by atoms with Gasteiger partial charge in [0.05, 0.1) is 11.9 Å². The van der Waals surface area contributed by atoms with Crippen LogP contribution < -0.4 is 10.2 Å². The highest BCUT2D eigenvalue weighted by Crippen LogP contribution is 2.33. The molecule has 3 amide bonds. The van der Waals surface area contributed by atoms with Crippen LogP contribution in [0.5, 0.6) is 0 Å². The minimum absolute atomic E-state index is 0.0332. The van der Waals surface area contributed by atoms with Gasteiger partial charge in [-0.2, -0.15) is 5.10 Å². The van der Waals surface area contributed by atoms with Gasteiger partial charge in [-0.1, -0.05) is 0 Å². The number of nitrogens with zero attached hydrogens (tertiary/aromatic N) is 4. The first kappa shape index (κ1) is 15.5. The molecule has 0 unspecified atom stereocenters. The van der Waals surface area contributed by atoms with Crippen LogP contribution in [0.1, 0.15) is 32.1 Å². The maximum atomic E-state index is 12.6. The summed E-state index contributed by atoms with van der Waals surface area (Å²) >= 11 is 0. The van der Waals surface area contributed by atoms with Crippen LogP contribution in [0.2, 0.25) is 0 Å². The van der Waals surface area contributed by atoms with Gasteiger partial charge in [-0.3, -0.25) is 9.48 Å². The fourth-order valence-electron chi connectivity index (χ4n) is 3.32. The maximum absolute atomic E-state index is 12.6. The molecule has 3 aliphatic rings. The van der Waals surface area contributed by atoms with Crippen molar-refractivity contribution in [2.75, 3.05) is 24.5 Å². The van der Waals surface area contributed by atoms with Gasteiger partial charge in [-0.15, -0.1) is 0 Å². The van der Waals surface area contributed by atoms with E-state index in [1.54, 1.807) is 15.8 Å². The molecule has 24 heavy (non-hydrogen) atoms. The summed E-state index contributed by atoms with van der Waals surface area (Å²) in [5.74, 6) is 1.30. The Morgan fingerprint density at radius 3 is 2.46 bits per heavy atom. The second-order valence-corrected chi connectivity index (χ2v) is 7.44. The Bertz CT molecular complexity index is 621. The van der Waals surface area contributed by atoms with E-state index in [1.165, 1.54) is 25.7 Å². The van der Waals surface area contributed by atoms with E-state index >= 15 is 0 Å². The highest BCUT2D eigenvalue weighted by Gasteiger charge is 2.37. The van der Waals surface area contributed by atoms with Gasteiger partial charge in [0, 0.05) is 32.9 Å². The monoisotopic (exact) mass is 331 g/mol. The molecule has 130 valence electrons. The molecule has 0 radical (unpaired) electrons. The molecule has 2 heterocycles. The van der Waals surface area contributed by atoms with Crippen LogP contribution in [0, 0.1) is 11.8 Å². The minimum atomic E-state index is -0.418. The van der Waals surface area contributed by atoms with E-state index in [1.807, 2.05) is 18.1 Å². The van der Waals surface area contributed by atoms with E-state index < -0.39 is 6.04 Å². The van der Waals surface area contributed by atoms with Crippen molar-refractivity contribution in [2.45, 2.75) is 38.1 Å². The molecular weight excluding hydrogens is 306 g/mol. The number of rotatable bonds is 6. The SMILES string of the molecule is Cn1cc(N2CC[C@H](NC(=O)N(CC3CC3)CC3CC3)C2=O)cn1. The second kappa shape index (κ2) is 6.11. The fraction of sp³-hybridized carbons (Fsp3) is 0.706. The predicted molar refractivity (Wildman–Crippen MR) is 89.5 cm³/mol. The van der Waals surface area contributed by atoms with E-state index in [-0.39, 0.29) is 11.9 Å². The van der Waals surface area contributed by atoms with E-state index in [0.29, 0.717) is 24.8 Å². The average molecular weight is 331 g/mol. The predicted octanol–water partition coefficient (Wildman–Crippen LogP) is 1.36. The summed E-state index contributed by atoms with van der Waals surface area (Å²) in [5, 5.41) is 7.09. The quantitative estimate of drug-likeness (QED) is 0.855. The van der Waals surface area contributed by atoms with Gasteiger partial charge in [0.15, 0.2) is 0 Å². The van der Waals surface area contributed by atoms with Crippen molar-refractivity contribution in [3.63, 3.8) is 0 Å². The Balaban J connectivity index is 1.36. The van der Waals surface area contributed by atoms with Gasteiger partial charge in [-0.05, 0) is 43.9 Å². The van der Waals surface area contributed by atoms with Gasteiger partial charge in [0.1, 0.15) is 6.04 Å². The normalized spacial score (nSPS) is 23.6. The van der Waals surface area contributed by atoms with Crippen molar-refractivity contribution >= 4 is 17.6 Å². The summed E-state index contributed by atoms with van der Waals surface area (Å²) in [6.45, 7) is 2.31. The molecule has 1 aromatic rings. The van der Waals surface area contributed by atoms with Crippen LogP contribution in [0.3, 0.4) is 0 Å². The molecule has 0 aromatic carbocycles. The van der Waals surface area contributed by atoms with Crippen molar-refractivity contribution in [3.8, 4) is 0 Å². The van der Waals surface area contributed by atoms with Crippen molar-refractivity contribution < 1.29 is 9.59 Å². The summed E-state index contributed by atoms with van der Waals surface area (Å²) in [6.07, 6.45) is 9.08. The van der Waals surface area contributed by atoms with Gasteiger partial charge in [-0.25, -0.2) is 4.79 Å². The third kappa shape index (κ3) is 3.39. The smallest absolute Gasteiger partial charge is 0.318 e. The number of nitrogens with one attached hydrogen (secondary N) is 1. The third-order valence-electron chi connectivity index (χ3n) is 5.14. The summed E-state index contributed by atoms with van der Waals surface area (Å²) < 4.78 is 1.68. The zero-order valence-corrected chi connectivity index (χ0v) is 14.1. The Hall–Kier alpha value is -2.05. The first-order valence-electron chi connectivity index (χ1n) is 8.95. The van der Waals surface area contributed by atoms with Crippen molar-refractivity contribution in [1.82, 2.24) is 20.0 Å². The molecule has 4 rings (SSSR count). The molecule has 3 fully saturated rings. The summed E-state index contributed by atoms with van der Waals surface area (Å²) in [4.78, 5) is 28.9. The Kier molecular flexibility index (Phi) is 3.94. The number of carbonyl (C=O) groups is 2. The van der Waals surface area contributed by atoms with E-state index in [9.17, 15) is 9.59 Å². The molecule has 1 aliphatic heterocycles. The average Bonchev–Trinajstić information content (AvgIpc) is 3.47. The van der Waals surface area contributed by atoms with Gasteiger partial charge >= 0.3 is 6.03 Å². The summed E-state index contributed by atoms with van der Waals surface area (Å²) in [5.41, 5.74) is 0.798. The molecular formula is C17H25N5O2. The van der Waals surface area contributed by atoms with Crippen molar-refractivity contribution in [2.24, 2.45) is 18.9 Å². The molecule has 1 N–H and O–H groups in total. The number of amides is 3. The number of aromatic nitrogens is 2. The lowest BCUT2D eigenvalue weighted by molar-refractivity contribution is -0.118. The Morgan fingerprint density at radius 1 is 1.25 bits per heavy atom. The Labute approximate surface area is 142 Å². The Morgan fingerprint density at radius 2 is 1.92 bits per heavy atom. The number of anilines is 1. The van der Waals surface area contributed by atoms with Crippen LogP contribution in [-0.4, -0.2) is 52.3 Å². The lowest BCUT2D eigenvalue weighted by Gasteiger charge is -2.25. The second-order valence-electron chi connectivity index (χ2n) is 7.44. The van der Waals surface area contributed by atoms with Crippen LogP contribution in [0.25, 0.3) is 0 Å².